The highest BCUT2D eigenvalue weighted by Gasteiger charge is 2.51. The summed E-state index contributed by atoms with van der Waals surface area (Å²) >= 11 is 0. The molecule has 2 unspecified atom stereocenters. The fourth-order valence-electron chi connectivity index (χ4n) is 1.74. The zero-order chi connectivity index (χ0) is 7.90. The third kappa shape index (κ3) is 0.959. The summed E-state index contributed by atoms with van der Waals surface area (Å²) < 4.78 is 0. The van der Waals surface area contributed by atoms with E-state index in [0.29, 0.717) is 0 Å². The zero-order valence-electron chi connectivity index (χ0n) is 6.21. The molecule has 1 aliphatic carbocycles. The summed E-state index contributed by atoms with van der Waals surface area (Å²) in [6.45, 7) is 0.834. The number of nitrogens with one attached hydrogen (secondary N) is 1. The van der Waals surface area contributed by atoms with Crippen LogP contribution in [0.3, 0.4) is 0 Å². The molecule has 2 aliphatic rings. The standard InChI is InChI=1S/C8H11NO2/c10-7(11)6-3-1-2-4-8(6)5-9-8/h2,4,6,9H,1,3,5H2,(H,10,11). The Balaban J connectivity index is 2.21. The van der Waals surface area contributed by atoms with Gasteiger partial charge in [-0.25, -0.2) is 0 Å². The van der Waals surface area contributed by atoms with Crippen molar-refractivity contribution in [3.8, 4) is 0 Å². The van der Waals surface area contributed by atoms with Gasteiger partial charge in [0.25, 0.3) is 0 Å². The van der Waals surface area contributed by atoms with Crippen molar-refractivity contribution in [1.29, 1.82) is 0 Å². The molecule has 11 heavy (non-hydrogen) atoms. The minimum Gasteiger partial charge on any atom is -0.481 e. The number of rotatable bonds is 1. The molecule has 0 saturated carbocycles. The molecule has 1 spiro atoms. The maximum atomic E-state index is 10.7. The average molecular weight is 153 g/mol. The first-order valence-corrected chi connectivity index (χ1v) is 3.90. The lowest BCUT2D eigenvalue weighted by Crippen LogP contribution is -2.34. The van der Waals surface area contributed by atoms with E-state index in [1.54, 1.807) is 0 Å². The minimum absolute atomic E-state index is 0.163. The summed E-state index contributed by atoms with van der Waals surface area (Å²) in [5.41, 5.74) is -0.163. The molecule has 2 atom stereocenters. The minimum atomic E-state index is -0.667. The fraction of sp³-hybridized carbons (Fsp3) is 0.625. The molecule has 3 heteroatoms. The molecule has 1 aliphatic heterocycles. The number of aliphatic carboxylic acids is 1. The summed E-state index contributed by atoms with van der Waals surface area (Å²) in [7, 11) is 0. The molecule has 0 bridgehead atoms. The summed E-state index contributed by atoms with van der Waals surface area (Å²) in [6, 6.07) is 0. The molecule has 1 saturated heterocycles. The Morgan fingerprint density at radius 3 is 2.91 bits per heavy atom. The van der Waals surface area contributed by atoms with Gasteiger partial charge in [0, 0.05) is 6.54 Å². The van der Waals surface area contributed by atoms with Crippen LogP contribution in [0.5, 0.6) is 0 Å². The Hall–Kier alpha value is -0.830. The number of allylic oxidation sites excluding steroid dienone is 1. The highest BCUT2D eigenvalue weighted by molar-refractivity contribution is 5.74. The molecule has 2 rings (SSSR count). The van der Waals surface area contributed by atoms with E-state index in [1.807, 2.05) is 6.08 Å². The van der Waals surface area contributed by atoms with Crippen LogP contribution in [0.4, 0.5) is 0 Å². The number of carboxylic acid groups (broad SMARTS) is 1. The van der Waals surface area contributed by atoms with E-state index >= 15 is 0 Å². The van der Waals surface area contributed by atoms with E-state index in [9.17, 15) is 4.79 Å². The highest BCUT2D eigenvalue weighted by atomic mass is 16.4. The van der Waals surface area contributed by atoms with Crippen molar-refractivity contribution in [2.24, 2.45) is 5.92 Å². The van der Waals surface area contributed by atoms with Crippen molar-refractivity contribution < 1.29 is 9.90 Å². The molecular weight excluding hydrogens is 142 g/mol. The predicted molar refractivity (Wildman–Crippen MR) is 40.2 cm³/mol. The Morgan fingerprint density at radius 2 is 2.45 bits per heavy atom. The molecule has 0 aromatic carbocycles. The summed E-state index contributed by atoms with van der Waals surface area (Å²) in [5, 5.41) is 12.0. The summed E-state index contributed by atoms with van der Waals surface area (Å²) in [4.78, 5) is 10.7. The number of carbonyl (C=O) groups is 1. The van der Waals surface area contributed by atoms with Crippen LogP contribution in [0.15, 0.2) is 12.2 Å². The molecular formula is C8H11NO2. The largest absolute Gasteiger partial charge is 0.481 e. The van der Waals surface area contributed by atoms with Gasteiger partial charge >= 0.3 is 5.97 Å². The maximum absolute atomic E-state index is 10.7. The van der Waals surface area contributed by atoms with E-state index in [-0.39, 0.29) is 11.5 Å². The van der Waals surface area contributed by atoms with Crippen molar-refractivity contribution in [3.63, 3.8) is 0 Å². The Labute approximate surface area is 65.1 Å². The van der Waals surface area contributed by atoms with Gasteiger partial charge in [-0.1, -0.05) is 12.2 Å². The molecule has 60 valence electrons. The molecule has 0 radical (unpaired) electrons. The molecule has 2 N–H and O–H groups in total. The molecule has 1 fully saturated rings. The molecule has 0 aromatic rings. The third-order valence-electron chi connectivity index (χ3n) is 2.54. The van der Waals surface area contributed by atoms with Crippen LogP contribution < -0.4 is 5.32 Å². The lowest BCUT2D eigenvalue weighted by atomic mass is 9.83. The van der Waals surface area contributed by atoms with E-state index in [4.69, 9.17) is 5.11 Å². The Bertz CT molecular complexity index is 218. The van der Waals surface area contributed by atoms with Crippen LogP contribution in [0.2, 0.25) is 0 Å². The van der Waals surface area contributed by atoms with Crippen LogP contribution in [-0.4, -0.2) is 23.2 Å². The van der Waals surface area contributed by atoms with Crippen LogP contribution in [0.1, 0.15) is 12.8 Å². The first-order valence-electron chi connectivity index (χ1n) is 3.90. The monoisotopic (exact) mass is 153 g/mol. The normalized spacial score (nSPS) is 40.9. The zero-order valence-corrected chi connectivity index (χ0v) is 6.21. The van der Waals surface area contributed by atoms with Gasteiger partial charge in [-0.3, -0.25) is 4.79 Å². The number of hydrogen-bond donors (Lipinski definition) is 2. The Kier molecular flexibility index (Phi) is 1.29. The van der Waals surface area contributed by atoms with Gasteiger partial charge < -0.3 is 10.4 Å². The van der Waals surface area contributed by atoms with E-state index in [0.717, 1.165) is 19.4 Å². The van der Waals surface area contributed by atoms with E-state index in [2.05, 4.69) is 11.4 Å². The second kappa shape index (κ2) is 2.08. The molecule has 3 nitrogen and oxygen atoms in total. The van der Waals surface area contributed by atoms with Gasteiger partial charge in [-0.15, -0.1) is 0 Å². The topological polar surface area (TPSA) is 59.2 Å². The van der Waals surface area contributed by atoms with Gasteiger partial charge in [0.1, 0.15) is 0 Å². The van der Waals surface area contributed by atoms with E-state index < -0.39 is 5.97 Å². The van der Waals surface area contributed by atoms with Gasteiger partial charge in [0.2, 0.25) is 0 Å². The number of hydrogen-bond acceptors (Lipinski definition) is 2. The van der Waals surface area contributed by atoms with Crippen molar-refractivity contribution in [1.82, 2.24) is 5.32 Å². The second-order valence-electron chi connectivity index (χ2n) is 3.26. The first-order chi connectivity index (χ1) is 5.25. The third-order valence-corrected chi connectivity index (χ3v) is 2.54. The van der Waals surface area contributed by atoms with Gasteiger partial charge in [0.05, 0.1) is 11.5 Å². The van der Waals surface area contributed by atoms with Crippen molar-refractivity contribution in [2.75, 3.05) is 6.54 Å². The van der Waals surface area contributed by atoms with Crippen molar-refractivity contribution in [2.45, 2.75) is 18.4 Å². The van der Waals surface area contributed by atoms with Crippen LogP contribution in [-0.2, 0) is 4.79 Å². The van der Waals surface area contributed by atoms with Gasteiger partial charge in [0.15, 0.2) is 0 Å². The summed E-state index contributed by atoms with van der Waals surface area (Å²) in [6.07, 6.45) is 5.76. The summed E-state index contributed by atoms with van der Waals surface area (Å²) in [5.74, 6) is -0.869. The SMILES string of the molecule is O=C(O)C1CCC=CC12CN2. The Morgan fingerprint density at radius 1 is 1.73 bits per heavy atom. The first kappa shape index (κ1) is 6.85. The smallest absolute Gasteiger partial charge is 0.308 e. The van der Waals surface area contributed by atoms with E-state index in [1.165, 1.54) is 0 Å². The van der Waals surface area contributed by atoms with Gasteiger partial charge in [-0.2, -0.15) is 0 Å². The molecule has 0 aromatic heterocycles. The molecule has 1 heterocycles. The van der Waals surface area contributed by atoms with Crippen molar-refractivity contribution >= 4 is 5.97 Å². The average Bonchev–Trinajstić information content (AvgIpc) is 2.70. The predicted octanol–water partition coefficient (Wildman–Crippen LogP) is 0.379. The lowest BCUT2D eigenvalue weighted by molar-refractivity contribution is -0.142. The lowest BCUT2D eigenvalue weighted by Gasteiger charge is -2.21. The van der Waals surface area contributed by atoms with Crippen LogP contribution in [0.25, 0.3) is 0 Å². The highest BCUT2D eigenvalue weighted by Crippen LogP contribution is 2.35. The van der Waals surface area contributed by atoms with Crippen molar-refractivity contribution in [3.05, 3.63) is 12.2 Å². The fourth-order valence-corrected chi connectivity index (χ4v) is 1.74. The van der Waals surface area contributed by atoms with Gasteiger partial charge in [-0.05, 0) is 12.8 Å². The van der Waals surface area contributed by atoms with Crippen LogP contribution >= 0.6 is 0 Å². The molecule has 0 amide bonds. The maximum Gasteiger partial charge on any atom is 0.308 e. The second-order valence-corrected chi connectivity index (χ2v) is 3.26. The number of carboxylic acids is 1. The van der Waals surface area contributed by atoms with Crippen LogP contribution in [0, 0.1) is 5.92 Å². The quantitative estimate of drug-likeness (QED) is 0.423.